The van der Waals surface area contributed by atoms with Crippen LogP contribution in [0.2, 0.25) is 5.02 Å². The van der Waals surface area contributed by atoms with Gasteiger partial charge in [-0.05, 0) is 36.2 Å². The van der Waals surface area contributed by atoms with Gasteiger partial charge in [-0.25, -0.2) is 4.98 Å². The van der Waals surface area contributed by atoms with Crippen molar-refractivity contribution in [2.24, 2.45) is 0 Å². The highest BCUT2D eigenvalue weighted by Gasteiger charge is 2.50. The van der Waals surface area contributed by atoms with Crippen LogP contribution in [0.4, 0.5) is 13.2 Å². The summed E-state index contributed by atoms with van der Waals surface area (Å²) in [5.41, 5.74) is 0.857. The summed E-state index contributed by atoms with van der Waals surface area (Å²) in [6, 6.07) is 8.84. The normalized spacial score (nSPS) is 21.7. The first kappa shape index (κ1) is 19.9. The van der Waals surface area contributed by atoms with Crippen LogP contribution in [0, 0.1) is 22.7 Å². The molecule has 144 valence electrons. The number of hydrogen-bond donors (Lipinski definition) is 1. The minimum atomic E-state index is -4.45. The lowest BCUT2D eigenvalue weighted by Gasteiger charge is -2.23. The summed E-state index contributed by atoms with van der Waals surface area (Å²) in [4.78, 5) is 3.86. The van der Waals surface area contributed by atoms with Crippen LogP contribution in [-0.4, -0.2) is 29.9 Å². The third-order valence-corrected chi connectivity index (χ3v) is 4.87. The molecule has 0 bridgehead atoms. The van der Waals surface area contributed by atoms with Crippen molar-refractivity contribution < 1.29 is 17.9 Å². The van der Waals surface area contributed by atoms with Gasteiger partial charge in [0.2, 0.25) is 0 Å². The zero-order chi connectivity index (χ0) is 20.3. The van der Waals surface area contributed by atoms with E-state index in [-0.39, 0.29) is 29.3 Å². The lowest BCUT2D eigenvalue weighted by Crippen LogP contribution is -2.44. The topological polar surface area (TPSA) is 81.7 Å². The first-order valence-corrected chi connectivity index (χ1v) is 8.71. The van der Waals surface area contributed by atoms with Crippen LogP contribution < -0.4 is 10.1 Å². The van der Waals surface area contributed by atoms with E-state index in [1.807, 2.05) is 12.1 Å². The SMILES string of the molecule is N#Cc1ccc(OCC2CC(c3ccc(C#N)c(Cl)c3)C(C(F)(F)F)N2)cn1. The second-order valence-corrected chi connectivity index (χ2v) is 6.79. The van der Waals surface area contributed by atoms with Crippen molar-refractivity contribution in [3.05, 3.63) is 58.4 Å². The molecule has 1 aliphatic heterocycles. The maximum absolute atomic E-state index is 13.5. The van der Waals surface area contributed by atoms with Gasteiger partial charge in [0.1, 0.15) is 36.2 Å². The predicted molar refractivity (Wildman–Crippen MR) is 94.7 cm³/mol. The monoisotopic (exact) mass is 406 g/mol. The standard InChI is InChI=1S/C19H14ClF3N4O/c20-17-5-11(1-2-12(17)7-24)16-6-14(27-18(16)19(21,22)23)10-28-15-4-3-13(8-25)26-9-15/h1-5,9,14,16,18,27H,6,10H2. The minimum absolute atomic E-state index is 0.0146. The smallest absolute Gasteiger partial charge is 0.404 e. The fourth-order valence-electron chi connectivity index (χ4n) is 3.23. The number of nitriles is 2. The van der Waals surface area contributed by atoms with Gasteiger partial charge in [-0.2, -0.15) is 23.7 Å². The number of nitrogens with zero attached hydrogens (tertiary/aromatic N) is 3. The Bertz CT molecular complexity index is 934. The number of benzene rings is 1. The van der Waals surface area contributed by atoms with E-state index in [0.29, 0.717) is 11.3 Å². The van der Waals surface area contributed by atoms with E-state index in [2.05, 4.69) is 10.3 Å². The molecule has 9 heteroatoms. The molecule has 0 aliphatic carbocycles. The summed E-state index contributed by atoms with van der Waals surface area (Å²) in [6.45, 7) is 0.0146. The molecule has 0 radical (unpaired) electrons. The fraction of sp³-hybridized carbons (Fsp3) is 0.316. The average molecular weight is 407 g/mol. The maximum atomic E-state index is 13.5. The van der Waals surface area contributed by atoms with Crippen LogP contribution in [0.25, 0.3) is 0 Å². The Hall–Kier alpha value is -2.81. The molecule has 2 heterocycles. The first-order chi connectivity index (χ1) is 13.3. The van der Waals surface area contributed by atoms with Gasteiger partial charge >= 0.3 is 6.18 Å². The molecule has 2 aromatic rings. The van der Waals surface area contributed by atoms with Crippen LogP contribution in [0.15, 0.2) is 36.5 Å². The molecule has 3 unspecified atom stereocenters. The molecule has 5 nitrogen and oxygen atoms in total. The Balaban J connectivity index is 1.74. The first-order valence-electron chi connectivity index (χ1n) is 8.33. The molecule has 0 amide bonds. The van der Waals surface area contributed by atoms with E-state index in [0.717, 1.165) is 0 Å². The Morgan fingerprint density at radius 2 is 2.00 bits per heavy atom. The Morgan fingerprint density at radius 1 is 1.21 bits per heavy atom. The summed E-state index contributed by atoms with van der Waals surface area (Å²) in [5, 5.41) is 20.4. The van der Waals surface area contributed by atoms with E-state index in [9.17, 15) is 13.2 Å². The van der Waals surface area contributed by atoms with Gasteiger partial charge in [-0.3, -0.25) is 5.32 Å². The molecule has 1 aromatic heterocycles. The van der Waals surface area contributed by atoms with E-state index in [1.165, 1.54) is 30.5 Å². The summed E-state index contributed by atoms with van der Waals surface area (Å²) < 4.78 is 46.1. The van der Waals surface area contributed by atoms with Crippen LogP contribution in [0.3, 0.4) is 0 Å². The van der Waals surface area contributed by atoms with Crippen molar-refractivity contribution in [2.75, 3.05) is 6.61 Å². The van der Waals surface area contributed by atoms with Gasteiger partial charge in [0.05, 0.1) is 16.8 Å². The molecule has 1 fully saturated rings. The Morgan fingerprint density at radius 3 is 2.57 bits per heavy atom. The molecular formula is C19H14ClF3N4O. The molecule has 0 spiro atoms. The lowest BCUT2D eigenvalue weighted by atomic mass is 9.90. The van der Waals surface area contributed by atoms with Gasteiger partial charge in [-0.1, -0.05) is 17.7 Å². The van der Waals surface area contributed by atoms with Crippen LogP contribution in [0.1, 0.15) is 29.2 Å². The average Bonchev–Trinajstić information content (AvgIpc) is 3.11. The van der Waals surface area contributed by atoms with Crippen molar-refractivity contribution in [1.29, 1.82) is 10.5 Å². The molecule has 28 heavy (non-hydrogen) atoms. The number of nitrogens with one attached hydrogen (secondary N) is 1. The summed E-state index contributed by atoms with van der Waals surface area (Å²) in [7, 11) is 0. The Kier molecular flexibility index (Phi) is 5.73. The maximum Gasteiger partial charge on any atom is 0.404 e. The number of alkyl halides is 3. The van der Waals surface area contributed by atoms with Gasteiger partial charge in [0.15, 0.2) is 0 Å². The number of ether oxygens (including phenoxy) is 1. The molecular weight excluding hydrogens is 393 g/mol. The van der Waals surface area contributed by atoms with Crippen molar-refractivity contribution >= 4 is 11.6 Å². The fourth-order valence-corrected chi connectivity index (χ4v) is 3.46. The van der Waals surface area contributed by atoms with Crippen LogP contribution in [-0.2, 0) is 0 Å². The molecule has 1 N–H and O–H groups in total. The van der Waals surface area contributed by atoms with Crippen molar-refractivity contribution in [1.82, 2.24) is 10.3 Å². The number of aromatic nitrogens is 1. The van der Waals surface area contributed by atoms with Crippen molar-refractivity contribution in [3.63, 3.8) is 0 Å². The third-order valence-electron chi connectivity index (χ3n) is 4.55. The number of pyridine rings is 1. The molecule has 0 saturated carbocycles. The molecule has 3 atom stereocenters. The van der Waals surface area contributed by atoms with E-state index in [4.69, 9.17) is 26.9 Å². The van der Waals surface area contributed by atoms with Crippen molar-refractivity contribution in [2.45, 2.75) is 30.6 Å². The highest BCUT2D eigenvalue weighted by Crippen LogP contribution is 2.40. The van der Waals surface area contributed by atoms with Gasteiger partial charge in [0, 0.05) is 12.0 Å². The van der Waals surface area contributed by atoms with Gasteiger partial charge in [-0.15, -0.1) is 0 Å². The largest absolute Gasteiger partial charge is 0.490 e. The summed E-state index contributed by atoms with van der Waals surface area (Å²) in [5.74, 6) is -0.479. The second-order valence-electron chi connectivity index (χ2n) is 6.38. The van der Waals surface area contributed by atoms with Crippen molar-refractivity contribution in [3.8, 4) is 17.9 Å². The zero-order valence-electron chi connectivity index (χ0n) is 14.4. The Labute approximate surface area is 164 Å². The highest BCUT2D eigenvalue weighted by atomic mass is 35.5. The quantitative estimate of drug-likeness (QED) is 0.831. The van der Waals surface area contributed by atoms with E-state index in [1.54, 1.807) is 6.07 Å². The molecule has 1 saturated heterocycles. The van der Waals surface area contributed by atoms with Gasteiger partial charge < -0.3 is 4.74 Å². The summed E-state index contributed by atoms with van der Waals surface area (Å²) >= 11 is 5.99. The number of hydrogen-bond acceptors (Lipinski definition) is 5. The van der Waals surface area contributed by atoms with E-state index < -0.39 is 24.2 Å². The summed E-state index contributed by atoms with van der Waals surface area (Å²) in [6.07, 6.45) is -2.90. The third kappa shape index (κ3) is 4.36. The minimum Gasteiger partial charge on any atom is -0.490 e. The van der Waals surface area contributed by atoms with Gasteiger partial charge in [0.25, 0.3) is 0 Å². The second kappa shape index (κ2) is 8.05. The number of rotatable bonds is 4. The molecule has 1 aliphatic rings. The van der Waals surface area contributed by atoms with Crippen LogP contribution in [0.5, 0.6) is 5.75 Å². The number of halogens is 4. The highest BCUT2D eigenvalue weighted by molar-refractivity contribution is 6.31. The molecule has 3 rings (SSSR count). The molecule has 1 aromatic carbocycles. The van der Waals surface area contributed by atoms with Crippen LogP contribution >= 0.6 is 11.6 Å². The zero-order valence-corrected chi connectivity index (χ0v) is 15.1. The predicted octanol–water partition coefficient (Wildman–Crippen LogP) is 3.93. The lowest BCUT2D eigenvalue weighted by molar-refractivity contribution is -0.156. The van der Waals surface area contributed by atoms with E-state index >= 15 is 0 Å².